The Bertz CT molecular complexity index is 695. The van der Waals surface area contributed by atoms with Crippen LogP contribution in [0.1, 0.15) is 11.8 Å². The predicted molar refractivity (Wildman–Crippen MR) is 97.9 cm³/mol. The van der Waals surface area contributed by atoms with Crippen molar-refractivity contribution in [2.45, 2.75) is 20.5 Å². The van der Waals surface area contributed by atoms with Crippen molar-refractivity contribution in [3.63, 3.8) is 0 Å². The Labute approximate surface area is 155 Å². The lowest BCUT2D eigenvalue weighted by molar-refractivity contribution is -0.119. The Morgan fingerprint density at radius 3 is 2.52 bits per heavy atom. The van der Waals surface area contributed by atoms with Gasteiger partial charge >= 0.3 is 6.61 Å². The van der Waals surface area contributed by atoms with Gasteiger partial charge in [-0.15, -0.1) is 23.7 Å². The third kappa shape index (κ3) is 5.91. The molecule has 1 aromatic heterocycles. The molecule has 5 nitrogen and oxygen atoms in total. The molecule has 0 saturated heterocycles. The van der Waals surface area contributed by atoms with Crippen LogP contribution in [0.4, 0.5) is 13.9 Å². The Hall–Kier alpha value is -1.77. The second-order valence-electron chi connectivity index (χ2n) is 5.27. The molecule has 1 atom stereocenters. The predicted octanol–water partition coefficient (Wildman–Crippen LogP) is 3.94. The maximum absolute atomic E-state index is 12.2. The van der Waals surface area contributed by atoms with E-state index in [0.717, 1.165) is 10.4 Å². The fourth-order valence-corrected chi connectivity index (χ4v) is 2.98. The molecule has 1 aromatic carbocycles. The SMILES string of the molecule is CNCC(C)C(=O)Nc1nc(-c2ccc(OC(F)F)cc2)c(C)s1.Cl. The van der Waals surface area contributed by atoms with Gasteiger partial charge in [0, 0.05) is 22.9 Å². The number of nitrogens with one attached hydrogen (secondary N) is 2. The van der Waals surface area contributed by atoms with Gasteiger partial charge in [-0.25, -0.2) is 4.98 Å². The number of halogens is 3. The molecule has 2 aromatic rings. The van der Waals surface area contributed by atoms with Gasteiger partial charge in [-0.2, -0.15) is 8.78 Å². The van der Waals surface area contributed by atoms with Crippen LogP contribution in [-0.4, -0.2) is 31.1 Å². The Morgan fingerprint density at radius 1 is 1.32 bits per heavy atom. The largest absolute Gasteiger partial charge is 0.435 e. The highest BCUT2D eigenvalue weighted by Crippen LogP contribution is 2.31. The van der Waals surface area contributed by atoms with Crippen molar-refractivity contribution in [3.05, 3.63) is 29.1 Å². The number of alkyl halides is 2. The van der Waals surface area contributed by atoms with Crippen molar-refractivity contribution in [2.75, 3.05) is 18.9 Å². The van der Waals surface area contributed by atoms with Crippen molar-refractivity contribution in [1.29, 1.82) is 0 Å². The summed E-state index contributed by atoms with van der Waals surface area (Å²) in [6.45, 7) is 1.45. The topological polar surface area (TPSA) is 63.2 Å². The van der Waals surface area contributed by atoms with E-state index in [2.05, 4.69) is 20.4 Å². The number of thiazole rings is 1. The summed E-state index contributed by atoms with van der Waals surface area (Å²) < 4.78 is 28.7. The fourth-order valence-electron chi connectivity index (χ4n) is 2.14. The number of carbonyl (C=O) groups excluding carboxylic acids is 1. The molecule has 9 heteroatoms. The summed E-state index contributed by atoms with van der Waals surface area (Å²) in [6.07, 6.45) is 0. The number of anilines is 1. The number of aryl methyl sites for hydroxylation is 1. The minimum Gasteiger partial charge on any atom is -0.435 e. The third-order valence-corrected chi connectivity index (χ3v) is 4.22. The second-order valence-corrected chi connectivity index (χ2v) is 6.48. The number of hydrogen-bond donors (Lipinski definition) is 2. The summed E-state index contributed by atoms with van der Waals surface area (Å²) in [5.74, 6) is -0.185. The van der Waals surface area contributed by atoms with Gasteiger partial charge in [0.1, 0.15) is 5.75 Å². The molecular weight excluding hydrogens is 372 g/mol. The van der Waals surface area contributed by atoms with Crippen LogP contribution >= 0.6 is 23.7 Å². The second kappa shape index (κ2) is 9.65. The standard InChI is InChI=1S/C16H19F2N3O2S.ClH/c1-9(8-19-3)14(22)21-16-20-13(10(2)24-16)11-4-6-12(7-5-11)23-15(17)18;/h4-7,9,15,19H,8H2,1-3H3,(H,20,21,22);1H. The smallest absolute Gasteiger partial charge is 0.387 e. The molecule has 2 rings (SSSR count). The Morgan fingerprint density at radius 2 is 1.96 bits per heavy atom. The number of carbonyl (C=O) groups is 1. The normalized spacial score (nSPS) is 11.8. The summed E-state index contributed by atoms with van der Waals surface area (Å²) in [7, 11) is 1.79. The number of amides is 1. The van der Waals surface area contributed by atoms with E-state index in [9.17, 15) is 13.6 Å². The summed E-state index contributed by atoms with van der Waals surface area (Å²) >= 11 is 1.37. The Kier molecular flexibility index (Phi) is 8.21. The number of nitrogens with zero attached hydrogens (tertiary/aromatic N) is 1. The molecule has 1 unspecified atom stereocenters. The zero-order valence-electron chi connectivity index (χ0n) is 14.0. The van der Waals surface area contributed by atoms with Crippen LogP contribution in [0.2, 0.25) is 0 Å². The number of aromatic nitrogens is 1. The highest BCUT2D eigenvalue weighted by atomic mass is 35.5. The van der Waals surface area contributed by atoms with Crippen LogP contribution < -0.4 is 15.4 Å². The molecule has 0 spiro atoms. The van der Waals surface area contributed by atoms with E-state index in [1.54, 1.807) is 19.2 Å². The van der Waals surface area contributed by atoms with Crippen LogP contribution in [0, 0.1) is 12.8 Å². The monoisotopic (exact) mass is 391 g/mol. The maximum Gasteiger partial charge on any atom is 0.387 e. The van der Waals surface area contributed by atoms with Crippen LogP contribution in [0.15, 0.2) is 24.3 Å². The van der Waals surface area contributed by atoms with Gasteiger partial charge in [0.2, 0.25) is 5.91 Å². The molecule has 0 aliphatic carbocycles. The third-order valence-electron chi connectivity index (χ3n) is 3.34. The highest BCUT2D eigenvalue weighted by molar-refractivity contribution is 7.16. The van der Waals surface area contributed by atoms with Crippen LogP contribution in [-0.2, 0) is 4.79 Å². The minimum atomic E-state index is -2.85. The molecule has 1 heterocycles. The van der Waals surface area contributed by atoms with E-state index in [1.165, 1.54) is 23.5 Å². The fraction of sp³-hybridized carbons (Fsp3) is 0.375. The maximum atomic E-state index is 12.2. The van der Waals surface area contributed by atoms with Crippen molar-refractivity contribution in [3.8, 4) is 17.0 Å². The zero-order chi connectivity index (χ0) is 17.7. The van der Waals surface area contributed by atoms with Crippen molar-refractivity contribution < 1.29 is 18.3 Å². The molecule has 0 bridgehead atoms. The first-order chi connectivity index (χ1) is 11.4. The van der Waals surface area contributed by atoms with E-state index < -0.39 is 6.61 Å². The van der Waals surface area contributed by atoms with Gasteiger partial charge in [0.05, 0.1) is 5.69 Å². The summed E-state index contributed by atoms with van der Waals surface area (Å²) in [4.78, 5) is 17.4. The zero-order valence-corrected chi connectivity index (χ0v) is 15.6. The van der Waals surface area contributed by atoms with E-state index in [0.29, 0.717) is 17.4 Å². The van der Waals surface area contributed by atoms with Gasteiger partial charge in [-0.3, -0.25) is 4.79 Å². The molecule has 0 aliphatic heterocycles. The molecule has 25 heavy (non-hydrogen) atoms. The van der Waals surface area contributed by atoms with E-state index in [-0.39, 0.29) is 30.0 Å². The lowest BCUT2D eigenvalue weighted by Crippen LogP contribution is -2.28. The lowest BCUT2D eigenvalue weighted by Gasteiger charge is -2.09. The Balaban J connectivity index is 0.00000312. The first-order valence-electron chi connectivity index (χ1n) is 7.39. The molecule has 0 aliphatic rings. The number of ether oxygens (including phenoxy) is 1. The van der Waals surface area contributed by atoms with Crippen molar-refractivity contribution in [2.24, 2.45) is 5.92 Å². The number of hydrogen-bond acceptors (Lipinski definition) is 5. The van der Waals surface area contributed by atoms with Crippen LogP contribution in [0.3, 0.4) is 0 Å². The lowest BCUT2D eigenvalue weighted by atomic mass is 10.1. The van der Waals surface area contributed by atoms with Gasteiger partial charge < -0.3 is 15.4 Å². The van der Waals surface area contributed by atoms with Gasteiger partial charge in [0.25, 0.3) is 0 Å². The first kappa shape index (κ1) is 21.3. The number of rotatable bonds is 7. The number of benzene rings is 1. The van der Waals surface area contributed by atoms with Crippen molar-refractivity contribution >= 4 is 34.8 Å². The van der Waals surface area contributed by atoms with Crippen LogP contribution in [0.5, 0.6) is 5.75 Å². The highest BCUT2D eigenvalue weighted by Gasteiger charge is 2.16. The molecule has 0 saturated carbocycles. The van der Waals surface area contributed by atoms with E-state index >= 15 is 0 Å². The van der Waals surface area contributed by atoms with E-state index in [1.807, 2.05) is 13.8 Å². The minimum absolute atomic E-state index is 0. The average Bonchev–Trinajstić information content (AvgIpc) is 2.88. The van der Waals surface area contributed by atoms with Crippen LogP contribution in [0.25, 0.3) is 11.3 Å². The van der Waals surface area contributed by atoms with Crippen molar-refractivity contribution in [1.82, 2.24) is 10.3 Å². The average molecular weight is 392 g/mol. The van der Waals surface area contributed by atoms with Gasteiger partial charge in [0.15, 0.2) is 5.13 Å². The summed E-state index contributed by atoms with van der Waals surface area (Å²) in [5, 5.41) is 6.27. The molecule has 0 fully saturated rings. The first-order valence-corrected chi connectivity index (χ1v) is 8.20. The summed E-state index contributed by atoms with van der Waals surface area (Å²) in [5.41, 5.74) is 1.48. The molecule has 1 amide bonds. The van der Waals surface area contributed by atoms with Gasteiger partial charge in [-0.05, 0) is 38.2 Å². The van der Waals surface area contributed by atoms with E-state index in [4.69, 9.17) is 0 Å². The molecular formula is C16H20ClF2N3O2S. The molecule has 2 N–H and O–H groups in total. The summed E-state index contributed by atoms with van der Waals surface area (Å²) in [6, 6.07) is 6.26. The molecule has 138 valence electrons. The van der Waals surface area contributed by atoms with Gasteiger partial charge in [-0.1, -0.05) is 6.92 Å². The quantitative estimate of drug-likeness (QED) is 0.750. The molecule has 0 radical (unpaired) electrons.